The molecule has 118 valence electrons. The van der Waals surface area contributed by atoms with Crippen LogP contribution in [0.3, 0.4) is 0 Å². The monoisotopic (exact) mass is 311 g/mol. The Bertz CT molecular complexity index is 550. The number of ether oxygens (including phenoxy) is 1. The number of nitrogens with one attached hydrogen (secondary N) is 1. The van der Waals surface area contributed by atoms with Crippen LogP contribution < -0.4 is 5.32 Å². The van der Waals surface area contributed by atoms with Crippen LogP contribution >= 0.6 is 0 Å². The summed E-state index contributed by atoms with van der Waals surface area (Å²) < 4.78 is 29.1. The Morgan fingerprint density at radius 1 is 1.43 bits per heavy atom. The molecule has 5 heteroatoms. The minimum atomic E-state index is -3.16. The Morgan fingerprint density at radius 3 is 2.86 bits per heavy atom. The Morgan fingerprint density at radius 2 is 2.24 bits per heavy atom. The molecule has 0 aliphatic carbocycles. The third kappa shape index (κ3) is 4.80. The van der Waals surface area contributed by atoms with Gasteiger partial charge in [0.05, 0.1) is 11.0 Å². The Hall–Kier alpha value is -0.910. The fourth-order valence-corrected chi connectivity index (χ4v) is 3.50. The molecule has 1 aliphatic rings. The Labute approximate surface area is 127 Å². The van der Waals surface area contributed by atoms with Crippen LogP contribution in [0.2, 0.25) is 0 Å². The Balaban J connectivity index is 2.09. The summed E-state index contributed by atoms with van der Waals surface area (Å²) in [4.78, 5) is 0.389. The highest BCUT2D eigenvalue weighted by Crippen LogP contribution is 2.25. The van der Waals surface area contributed by atoms with Crippen LogP contribution in [-0.4, -0.2) is 33.9 Å². The van der Waals surface area contributed by atoms with Crippen LogP contribution in [0.1, 0.15) is 44.2 Å². The average molecular weight is 311 g/mol. The van der Waals surface area contributed by atoms with E-state index in [-0.39, 0.29) is 6.04 Å². The van der Waals surface area contributed by atoms with Crippen molar-refractivity contribution in [3.63, 3.8) is 0 Å². The molecular formula is C16H25NO3S. The van der Waals surface area contributed by atoms with Crippen molar-refractivity contribution in [1.29, 1.82) is 0 Å². The summed E-state index contributed by atoms with van der Waals surface area (Å²) in [5, 5.41) is 3.45. The number of rotatable bonds is 7. The third-order valence-electron chi connectivity index (χ3n) is 3.94. The zero-order valence-corrected chi connectivity index (χ0v) is 13.7. The molecule has 0 aromatic heterocycles. The first-order valence-corrected chi connectivity index (χ1v) is 9.55. The van der Waals surface area contributed by atoms with Crippen molar-refractivity contribution in [2.45, 2.75) is 49.6 Å². The van der Waals surface area contributed by atoms with Crippen LogP contribution in [0.4, 0.5) is 0 Å². The zero-order valence-electron chi connectivity index (χ0n) is 12.8. The van der Waals surface area contributed by atoms with E-state index >= 15 is 0 Å². The van der Waals surface area contributed by atoms with Gasteiger partial charge in [-0.1, -0.05) is 19.1 Å². The summed E-state index contributed by atoms with van der Waals surface area (Å²) in [7, 11) is -3.16. The Kier molecular flexibility index (Phi) is 5.79. The number of hydrogen-bond donors (Lipinski definition) is 1. The molecule has 0 amide bonds. The molecule has 0 saturated carbocycles. The molecule has 1 aromatic rings. The smallest absolute Gasteiger partial charge is 0.175 e. The van der Waals surface area contributed by atoms with Gasteiger partial charge >= 0.3 is 0 Å². The number of hydrogen-bond acceptors (Lipinski definition) is 4. The van der Waals surface area contributed by atoms with Gasteiger partial charge in [-0.25, -0.2) is 8.42 Å². The normalized spacial score (nSPS) is 20.6. The average Bonchev–Trinajstić information content (AvgIpc) is 2.96. The van der Waals surface area contributed by atoms with Crippen molar-refractivity contribution >= 4 is 9.84 Å². The van der Waals surface area contributed by atoms with Gasteiger partial charge in [-0.05, 0) is 49.9 Å². The van der Waals surface area contributed by atoms with E-state index in [1.54, 1.807) is 12.1 Å². The van der Waals surface area contributed by atoms with Gasteiger partial charge in [0.15, 0.2) is 9.84 Å². The van der Waals surface area contributed by atoms with Crippen LogP contribution in [0.15, 0.2) is 29.2 Å². The van der Waals surface area contributed by atoms with Crippen molar-refractivity contribution in [2.75, 3.05) is 19.4 Å². The summed E-state index contributed by atoms with van der Waals surface area (Å²) in [5.74, 6) is 0. The summed E-state index contributed by atoms with van der Waals surface area (Å²) >= 11 is 0. The maximum absolute atomic E-state index is 11.7. The maximum Gasteiger partial charge on any atom is 0.175 e. The van der Waals surface area contributed by atoms with E-state index in [1.165, 1.54) is 6.26 Å². The molecule has 1 aromatic carbocycles. The highest BCUT2D eigenvalue weighted by molar-refractivity contribution is 7.90. The van der Waals surface area contributed by atoms with E-state index in [2.05, 4.69) is 12.2 Å². The standard InChI is InChI=1S/C16H25NO3S/c1-3-17-16(10-9-14-7-5-11-20-14)13-6-4-8-15(12-13)21(2,18)19/h4,6,8,12,14,16-17H,3,5,7,9-11H2,1-2H3. The molecule has 1 aliphatic heterocycles. The maximum atomic E-state index is 11.7. The van der Waals surface area contributed by atoms with E-state index in [4.69, 9.17) is 4.74 Å². The predicted octanol–water partition coefficient (Wildman–Crippen LogP) is 2.70. The molecule has 1 saturated heterocycles. The van der Waals surface area contributed by atoms with Gasteiger partial charge in [0.2, 0.25) is 0 Å². The van der Waals surface area contributed by atoms with E-state index < -0.39 is 9.84 Å². The largest absolute Gasteiger partial charge is 0.378 e. The summed E-state index contributed by atoms with van der Waals surface area (Å²) in [6, 6.07) is 7.45. The van der Waals surface area contributed by atoms with Crippen molar-refractivity contribution in [1.82, 2.24) is 5.32 Å². The van der Waals surface area contributed by atoms with Gasteiger partial charge in [0.25, 0.3) is 0 Å². The first kappa shape index (κ1) is 16.5. The number of benzene rings is 1. The molecule has 0 bridgehead atoms. The second-order valence-electron chi connectivity index (χ2n) is 5.67. The molecule has 1 fully saturated rings. The topological polar surface area (TPSA) is 55.4 Å². The van der Waals surface area contributed by atoms with Gasteiger partial charge in [-0.2, -0.15) is 0 Å². The van der Waals surface area contributed by atoms with Crippen molar-refractivity contribution in [3.8, 4) is 0 Å². The molecule has 4 nitrogen and oxygen atoms in total. The van der Waals surface area contributed by atoms with Gasteiger partial charge < -0.3 is 10.1 Å². The molecule has 21 heavy (non-hydrogen) atoms. The second kappa shape index (κ2) is 7.38. The lowest BCUT2D eigenvalue weighted by Gasteiger charge is -2.20. The molecule has 2 unspecified atom stereocenters. The SMILES string of the molecule is CCNC(CCC1CCCO1)c1cccc(S(C)(=O)=O)c1. The van der Waals surface area contributed by atoms with Crippen molar-refractivity contribution in [3.05, 3.63) is 29.8 Å². The zero-order chi connectivity index (χ0) is 15.3. The fraction of sp³-hybridized carbons (Fsp3) is 0.625. The molecular weight excluding hydrogens is 286 g/mol. The van der Waals surface area contributed by atoms with Gasteiger partial charge in [-0.3, -0.25) is 0 Å². The molecule has 0 radical (unpaired) electrons. The fourth-order valence-electron chi connectivity index (χ4n) is 2.82. The highest BCUT2D eigenvalue weighted by atomic mass is 32.2. The van der Waals surface area contributed by atoms with Crippen LogP contribution in [0.25, 0.3) is 0 Å². The van der Waals surface area contributed by atoms with Crippen molar-refractivity contribution < 1.29 is 13.2 Å². The number of sulfone groups is 1. The van der Waals surface area contributed by atoms with Gasteiger partial charge in [0, 0.05) is 18.9 Å². The van der Waals surface area contributed by atoms with Gasteiger partial charge in [-0.15, -0.1) is 0 Å². The molecule has 1 N–H and O–H groups in total. The lowest BCUT2D eigenvalue weighted by molar-refractivity contribution is 0.0996. The second-order valence-corrected chi connectivity index (χ2v) is 7.68. The highest BCUT2D eigenvalue weighted by Gasteiger charge is 2.19. The quantitative estimate of drug-likeness (QED) is 0.841. The van der Waals surface area contributed by atoms with Gasteiger partial charge in [0.1, 0.15) is 0 Å². The lowest BCUT2D eigenvalue weighted by Crippen LogP contribution is -2.22. The molecule has 2 atom stereocenters. The van der Waals surface area contributed by atoms with E-state index in [0.29, 0.717) is 11.0 Å². The first-order chi connectivity index (χ1) is 10.0. The van der Waals surface area contributed by atoms with E-state index in [0.717, 1.165) is 44.4 Å². The minimum absolute atomic E-state index is 0.181. The van der Waals surface area contributed by atoms with E-state index in [1.807, 2.05) is 12.1 Å². The summed E-state index contributed by atoms with van der Waals surface area (Å²) in [6.45, 7) is 3.80. The minimum Gasteiger partial charge on any atom is -0.378 e. The third-order valence-corrected chi connectivity index (χ3v) is 5.05. The van der Waals surface area contributed by atoms with E-state index in [9.17, 15) is 8.42 Å². The predicted molar refractivity (Wildman–Crippen MR) is 84.2 cm³/mol. The van der Waals surface area contributed by atoms with Crippen LogP contribution in [-0.2, 0) is 14.6 Å². The molecule has 1 heterocycles. The summed E-state index contributed by atoms with van der Waals surface area (Å²) in [6.07, 6.45) is 5.89. The van der Waals surface area contributed by atoms with Crippen LogP contribution in [0, 0.1) is 0 Å². The summed E-state index contributed by atoms with van der Waals surface area (Å²) in [5.41, 5.74) is 1.04. The van der Waals surface area contributed by atoms with Crippen molar-refractivity contribution in [2.24, 2.45) is 0 Å². The molecule has 0 spiro atoms. The molecule has 2 rings (SSSR count). The lowest BCUT2D eigenvalue weighted by atomic mass is 9.99. The first-order valence-electron chi connectivity index (χ1n) is 7.65. The van der Waals surface area contributed by atoms with Crippen LogP contribution in [0.5, 0.6) is 0 Å².